The molecule has 2 aromatic rings. The lowest BCUT2D eigenvalue weighted by molar-refractivity contribution is 0.336. The number of ether oxygens (including phenoxy) is 1. The third-order valence-electron chi connectivity index (χ3n) is 2.93. The van der Waals surface area contributed by atoms with Gasteiger partial charge in [-0.25, -0.2) is 0 Å². The Kier molecular flexibility index (Phi) is 5.47. The Morgan fingerprint density at radius 1 is 1.24 bits per heavy atom. The molecule has 6 heteroatoms. The van der Waals surface area contributed by atoms with Crippen molar-refractivity contribution in [3.63, 3.8) is 0 Å². The van der Waals surface area contributed by atoms with Gasteiger partial charge >= 0.3 is 0 Å². The van der Waals surface area contributed by atoms with Crippen molar-refractivity contribution in [2.75, 3.05) is 11.9 Å². The quantitative estimate of drug-likeness (QED) is 0.804. The molecular weight excluding hydrogens is 400 g/mol. The molecule has 0 unspecified atom stereocenters. The number of nitrogens with one attached hydrogen (secondary N) is 1. The number of aromatic nitrogens is 1. The minimum absolute atomic E-state index is 0.0212. The van der Waals surface area contributed by atoms with E-state index in [2.05, 4.69) is 37.2 Å². The molecule has 0 bridgehead atoms. The van der Waals surface area contributed by atoms with E-state index in [1.165, 1.54) is 0 Å². The second-order valence-electron chi connectivity index (χ2n) is 4.54. The van der Waals surface area contributed by atoms with E-state index in [1.807, 2.05) is 19.1 Å². The van der Waals surface area contributed by atoms with E-state index in [4.69, 9.17) is 4.74 Å². The van der Waals surface area contributed by atoms with Crippen LogP contribution in [0.4, 0.5) is 5.69 Å². The molecule has 0 saturated heterocycles. The molecule has 2 rings (SSSR count). The van der Waals surface area contributed by atoms with Gasteiger partial charge in [-0.3, -0.25) is 4.79 Å². The molecule has 0 aliphatic heterocycles. The second kappa shape index (κ2) is 7.13. The third-order valence-corrected chi connectivity index (χ3v) is 4.11. The molecule has 0 aliphatic carbocycles. The van der Waals surface area contributed by atoms with Crippen LogP contribution in [0.1, 0.15) is 12.5 Å². The van der Waals surface area contributed by atoms with Crippen molar-refractivity contribution in [1.82, 2.24) is 4.57 Å². The minimum Gasteiger partial charge on any atom is -0.492 e. The highest BCUT2D eigenvalue weighted by molar-refractivity contribution is 9.11. The minimum atomic E-state index is -0.0212. The molecule has 0 aliphatic rings. The predicted octanol–water partition coefficient (Wildman–Crippen LogP) is 3.92. The Balaban J connectivity index is 2.13. The van der Waals surface area contributed by atoms with Gasteiger partial charge in [-0.05, 0) is 62.5 Å². The number of rotatable bonds is 5. The second-order valence-corrected chi connectivity index (χ2v) is 6.25. The van der Waals surface area contributed by atoms with E-state index in [9.17, 15) is 4.79 Å². The Morgan fingerprint density at radius 3 is 2.48 bits per heavy atom. The van der Waals surface area contributed by atoms with Crippen LogP contribution < -0.4 is 15.6 Å². The van der Waals surface area contributed by atoms with Crippen molar-refractivity contribution < 1.29 is 4.74 Å². The molecule has 0 saturated carbocycles. The lowest BCUT2D eigenvalue weighted by Crippen LogP contribution is -2.15. The highest BCUT2D eigenvalue weighted by atomic mass is 79.9. The molecule has 0 radical (unpaired) electrons. The summed E-state index contributed by atoms with van der Waals surface area (Å²) in [6, 6.07) is 7.36. The zero-order valence-corrected chi connectivity index (χ0v) is 15.0. The summed E-state index contributed by atoms with van der Waals surface area (Å²) in [5, 5.41) is 3.29. The van der Waals surface area contributed by atoms with Gasteiger partial charge in [0.1, 0.15) is 5.75 Å². The van der Waals surface area contributed by atoms with Gasteiger partial charge in [0.15, 0.2) is 0 Å². The van der Waals surface area contributed by atoms with Crippen LogP contribution in [0.15, 0.2) is 44.2 Å². The summed E-state index contributed by atoms with van der Waals surface area (Å²) in [5.74, 6) is 0.809. The van der Waals surface area contributed by atoms with E-state index in [0.29, 0.717) is 13.2 Å². The molecule has 1 aromatic carbocycles. The first-order valence-electron chi connectivity index (χ1n) is 6.52. The van der Waals surface area contributed by atoms with Crippen molar-refractivity contribution >= 4 is 37.5 Å². The number of hydrogen-bond acceptors (Lipinski definition) is 3. The highest BCUT2D eigenvalue weighted by Crippen LogP contribution is 2.34. The van der Waals surface area contributed by atoms with Gasteiger partial charge < -0.3 is 14.6 Å². The predicted molar refractivity (Wildman–Crippen MR) is 92.0 cm³/mol. The van der Waals surface area contributed by atoms with E-state index in [1.54, 1.807) is 29.9 Å². The van der Waals surface area contributed by atoms with Gasteiger partial charge in [-0.1, -0.05) is 0 Å². The van der Waals surface area contributed by atoms with Crippen molar-refractivity contribution in [3.8, 4) is 5.75 Å². The summed E-state index contributed by atoms with van der Waals surface area (Å²) in [4.78, 5) is 11.3. The van der Waals surface area contributed by atoms with Crippen molar-refractivity contribution in [2.45, 2.75) is 13.5 Å². The van der Waals surface area contributed by atoms with Gasteiger partial charge in [0.05, 0.1) is 21.2 Å². The number of halogens is 2. The topological polar surface area (TPSA) is 43.3 Å². The normalized spacial score (nSPS) is 10.5. The Labute approximate surface area is 140 Å². The Bertz CT molecular complexity index is 675. The number of pyridine rings is 1. The molecule has 4 nitrogen and oxygen atoms in total. The van der Waals surface area contributed by atoms with Crippen LogP contribution in [0.2, 0.25) is 0 Å². The number of anilines is 1. The van der Waals surface area contributed by atoms with Crippen LogP contribution in [-0.2, 0) is 13.6 Å². The molecular formula is C15H16Br2N2O2. The fourth-order valence-electron chi connectivity index (χ4n) is 1.90. The van der Waals surface area contributed by atoms with E-state index in [-0.39, 0.29) is 5.56 Å². The lowest BCUT2D eigenvalue weighted by Gasteiger charge is -2.12. The average molecular weight is 416 g/mol. The zero-order valence-electron chi connectivity index (χ0n) is 11.8. The number of benzene rings is 1. The fourth-order valence-corrected chi connectivity index (χ4v) is 3.41. The summed E-state index contributed by atoms with van der Waals surface area (Å²) in [6.45, 7) is 3.22. The van der Waals surface area contributed by atoms with Gasteiger partial charge in [-0.2, -0.15) is 0 Å². The first kappa shape index (κ1) is 16.1. The van der Waals surface area contributed by atoms with Crippen molar-refractivity contribution in [3.05, 3.63) is 55.3 Å². The van der Waals surface area contributed by atoms with Crippen LogP contribution in [-0.4, -0.2) is 11.2 Å². The van der Waals surface area contributed by atoms with Crippen molar-refractivity contribution in [1.29, 1.82) is 0 Å². The van der Waals surface area contributed by atoms with Gasteiger partial charge in [0.2, 0.25) is 5.56 Å². The maximum atomic E-state index is 11.3. The molecule has 0 atom stereocenters. The van der Waals surface area contributed by atoms with Crippen LogP contribution in [0.25, 0.3) is 0 Å². The highest BCUT2D eigenvalue weighted by Gasteiger charge is 2.08. The summed E-state index contributed by atoms with van der Waals surface area (Å²) in [5.41, 5.74) is 1.98. The molecule has 1 N–H and O–H groups in total. The summed E-state index contributed by atoms with van der Waals surface area (Å²) in [7, 11) is 1.73. The van der Waals surface area contributed by atoms with Crippen molar-refractivity contribution in [2.24, 2.45) is 7.05 Å². The molecule has 1 aromatic heterocycles. The molecule has 0 fully saturated rings. The summed E-state index contributed by atoms with van der Waals surface area (Å²) < 4.78 is 8.94. The zero-order chi connectivity index (χ0) is 15.4. The Hall–Kier alpha value is -1.27. The molecule has 21 heavy (non-hydrogen) atoms. The smallest absolute Gasteiger partial charge is 0.250 e. The maximum Gasteiger partial charge on any atom is 0.250 e. The van der Waals surface area contributed by atoms with Crippen LogP contribution >= 0.6 is 31.9 Å². The average Bonchev–Trinajstić information content (AvgIpc) is 2.44. The van der Waals surface area contributed by atoms with Crippen LogP contribution in [0, 0.1) is 0 Å². The number of nitrogens with zero attached hydrogens (tertiary/aromatic N) is 1. The SMILES string of the molecule is CCOc1c(Br)cc(CNc2ccc(=O)n(C)c2)cc1Br. The molecule has 0 amide bonds. The van der Waals surface area contributed by atoms with E-state index < -0.39 is 0 Å². The lowest BCUT2D eigenvalue weighted by atomic mass is 10.2. The van der Waals surface area contributed by atoms with Gasteiger partial charge in [-0.15, -0.1) is 0 Å². The summed E-state index contributed by atoms with van der Waals surface area (Å²) in [6.07, 6.45) is 1.78. The van der Waals surface area contributed by atoms with E-state index >= 15 is 0 Å². The fraction of sp³-hybridized carbons (Fsp3) is 0.267. The van der Waals surface area contributed by atoms with Crippen LogP contribution in [0.3, 0.4) is 0 Å². The first-order chi connectivity index (χ1) is 10.0. The Morgan fingerprint density at radius 2 is 1.90 bits per heavy atom. The molecule has 1 heterocycles. The molecule has 112 valence electrons. The third kappa shape index (κ3) is 4.11. The van der Waals surface area contributed by atoms with E-state index in [0.717, 1.165) is 25.9 Å². The largest absolute Gasteiger partial charge is 0.492 e. The van der Waals surface area contributed by atoms with Gasteiger partial charge in [0.25, 0.3) is 0 Å². The van der Waals surface area contributed by atoms with Gasteiger partial charge in [0, 0.05) is 25.9 Å². The monoisotopic (exact) mass is 414 g/mol. The number of aryl methyl sites for hydroxylation is 1. The maximum absolute atomic E-state index is 11.3. The van der Waals surface area contributed by atoms with Crippen LogP contribution in [0.5, 0.6) is 5.75 Å². The first-order valence-corrected chi connectivity index (χ1v) is 8.11. The number of hydrogen-bond donors (Lipinski definition) is 1. The molecule has 0 spiro atoms. The standard InChI is InChI=1S/C15H16Br2N2O2/c1-3-21-15-12(16)6-10(7-13(15)17)8-18-11-4-5-14(20)19(2)9-11/h4-7,9,18H,3,8H2,1-2H3. The summed E-state index contributed by atoms with van der Waals surface area (Å²) >= 11 is 7.04.